The SMILES string of the molecule is CC1(C)C(=O)Oc2cc(CC(=O)O)c(Cl)cc21. The van der Waals surface area contributed by atoms with Crippen molar-refractivity contribution >= 4 is 23.5 Å². The molecule has 5 heteroatoms. The Balaban J connectivity index is 2.51. The van der Waals surface area contributed by atoms with Gasteiger partial charge in [-0.25, -0.2) is 0 Å². The summed E-state index contributed by atoms with van der Waals surface area (Å²) in [6.45, 7) is 3.49. The summed E-state index contributed by atoms with van der Waals surface area (Å²) in [4.78, 5) is 22.3. The molecule has 0 spiro atoms. The second kappa shape index (κ2) is 3.74. The van der Waals surface area contributed by atoms with Gasteiger partial charge in [0.25, 0.3) is 0 Å². The van der Waals surface area contributed by atoms with Crippen molar-refractivity contribution in [2.75, 3.05) is 0 Å². The molecule has 0 aromatic heterocycles. The fourth-order valence-corrected chi connectivity index (χ4v) is 2.03. The summed E-state index contributed by atoms with van der Waals surface area (Å²) >= 11 is 6.00. The highest BCUT2D eigenvalue weighted by Crippen LogP contribution is 2.42. The second-order valence-corrected chi connectivity index (χ2v) is 4.93. The summed E-state index contributed by atoms with van der Waals surface area (Å²) in [6, 6.07) is 3.14. The minimum Gasteiger partial charge on any atom is -0.481 e. The third-order valence-electron chi connectivity index (χ3n) is 2.88. The summed E-state index contributed by atoms with van der Waals surface area (Å²) in [7, 11) is 0. The number of hydrogen-bond acceptors (Lipinski definition) is 3. The van der Waals surface area contributed by atoms with E-state index in [1.807, 2.05) is 0 Å². The number of benzene rings is 1. The van der Waals surface area contributed by atoms with Crippen molar-refractivity contribution in [2.45, 2.75) is 25.7 Å². The maximum Gasteiger partial charge on any atom is 0.321 e. The first-order chi connectivity index (χ1) is 7.82. The standard InChI is InChI=1S/C12H11ClO4/c1-12(2)7-5-8(13)6(4-10(14)15)3-9(7)17-11(12)16/h3,5H,4H2,1-2H3,(H,14,15). The van der Waals surface area contributed by atoms with Gasteiger partial charge in [0.15, 0.2) is 0 Å². The van der Waals surface area contributed by atoms with Crippen molar-refractivity contribution in [1.29, 1.82) is 0 Å². The quantitative estimate of drug-likeness (QED) is 0.649. The maximum atomic E-state index is 11.6. The Morgan fingerprint density at radius 3 is 2.71 bits per heavy atom. The molecule has 1 N–H and O–H groups in total. The first-order valence-electron chi connectivity index (χ1n) is 5.09. The molecule has 0 unspecified atom stereocenters. The van der Waals surface area contributed by atoms with Gasteiger partial charge >= 0.3 is 11.9 Å². The van der Waals surface area contributed by atoms with Crippen LogP contribution in [-0.2, 0) is 21.4 Å². The highest BCUT2D eigenvalue weighted by Gasteiger charge is 2.41. The Labute approximate surface area is 103 Å². The summed E-state index contributed by atoms with van der Waals surface area (Å²) in [5.74, 6) is -0.924. The first kappa shape index (κ1) is 11.9. The molecule has 1 heterocycles. The molecule has 4 nitrogen and oxygen atoms in total. The molecule has 90 valence electrons. The third kappa shape index (κ3) is 1.89. The van der Waals surface area contributed by atoms with Crippen LogP contribution in [0.4, 0.5) is 0 Å². The van der Waals surface area contributed by atoms with E-state index in [9.17, 15) is 9.59 Å². The van der Waals surface area contributed by atoms with Gasteiger partial charge in [-0.1, -0.05) is 11.6 Å². The Morgan fingerprint density at radius 1 is 1.47 bits per heavy atom. The maximum absolute atomic E-state index is 11.6. The topological polar surface area (TPSA) is 63.6 Å². The molecule has 1 aliphatic heterocycles. The second-order valence-electron chi connectivity index (χ2n) is 4.52. The highest BCUT2D eigenvalue weighted by atomic mass is 35.5. The number of carbonyl (C=O) groups excluding carboxylic acids is 1. The zero-order chi connectivity index (χ0) is 12.8. The first-order valence-corrected chi connectivity index (χ1v) is 5.47. The highest BCUT2D eigenvalue weighted by molar-refractivity contribution is 6.31. The number of hydrogen-bond donors (Lipinski definition) is 1. The number of halogens is 1. The molecule has 0 radical (unpaired) electrons. The van der Waals surface area contributed by atoms with E-state index in [4.69, 9.17) is 21.4 Å². The molecule has 1 aromatic carbocycles. The number of rotatable bonds is 2. The molecule has 0 amide bonds. The van der Waals surface area contributed by atoms with Crippen LogP contribution < -0.4 is 4.74 Å². The summed E-state index contributed by atoms with van der Waals surface area (Å²) < 4.78 is 5.11. The molecule has 1 aromatic rings. The lowest BCUT2D eigenvalue weighted by Gasteiger charge is -2.13. The Bertz CT molecular complexity index is 519. The molecule has 0 aliphatic carbocycles. The minimum atomic E-state index is -0.976. The van der Waals surface area contributed by atoms with E-state index < -0.39 is 11.4 Å². The van der Waals surface area contributed by atoms with E-state index in [-0.39, 0.29) is 12.4 Å². The minimum absolute atomic E-state index is 0.190. The molecule has 0 bridgehead atoms. The van der Waals surface area contributed by atoms with Crippen molar-refractivity contribution in [3.8, 4) is 5.75 Å². The predicted molar refractivity (Wildman–Crippen MR) is 61.5 cm³/mol. The Morgan fingerprint density at radius 2 is 2.12 bits per heavy atom. The van der Waals surface area contributed by atoms with E-state index in [2.05, 4.69) is 0 Å². The molecule has 0 atom stereocenters. The monoisotopic (exact) mass is 254 g/mol. The number of fused-ring (bicyclic) bond motifs is 1. The van der Waals surface area contributed by atoms with Crippen molar-refractivity contribution in [3.05, 3.63) is 28.3 Å². The van der Waals surface area contributed by atoms with E-state index in [1.54, 1.807) is 19.9 Å². The Hall–Kier alpha value is -1.55. The van der Waals surface area contributed by atoms with Crippen molar-refractivity contribution < 1.29 is 19.4 Å². The lowest BCUT2D eigenvalue weighted by molar-refractivity contribution is -0.137. The number of carboxylic acid groups (broad SMARTS) is 1. The molecular formula is C12H11ClO4. The molecule has 1 aliphatic rings. The lowest BCUT2D eigenvalue weighted by atomic mass is 9.86. The van der Waals surface area contributed by atoms with Gasteiger partial charge in [-0.05, 0) is 31.5 Å². The van der Waals surface area contributed by atoms with Crippen molar-refractivity contribution in [2.24, 2.45) is 0 Å². The van der Waals surface area contributed by atoms with Crippen LogP contribution in [0.3, 0.4) is 0 Å². The average Bonchev–Trinajstić information content (AvgIpc) is 2.40. The fraction of sp³-hybridized carbons (Fsp3) is 0.333. The van der Waals surface area contributed by atoms with Gasteiger partial charge in [0.2, 0.25) is 0 Å². The normalized spacial score (nSPS) is 16.5. The average molecular weight is 255 g/mol. The summed E-state index contributed by atoms with van der Waals surface area (Å²) in [5.41, 5.74) is 0.408. The van der Waals surface area contributed by atoms with Gasteiger partial charge in [0.05, 0.1) is 11.8 Å². The van der Waals surface area contributed by atoms with E-state index in [0.717, 1.165) is 0 Å². The van der Waals surface area contributed by atoms with Crippen LogP contribution in [-0.4, -0.2) is 17.0 Å². The summed E-state index contributed by atoms with van der Waals surface area (Å²) in [6.07, 6.45) is -0.190. The van der Waals surface area contributed by atoms with Gasteiger partial charge in [-0.3, -0.25) is 9.59 Å². The van der Waals surface area contributed by atoms with Crippen LogP contribution in [0.1, 0.15) is 25.0 Å². The third-order valence-corrected chi connectivity index (χ3v) is 3.23. The van der Waals surface area contributed by atoms with Gasteiger partial charge in [0, 0.05) is 10.6 Å². The van der Waals surface area contributed by atoms with E-state index in [0.29, 0.717) is 21.9 Å². The zero-order valence-corrected chi connectivity index (χ0v) is 10.2. The van der Waals surface area contributed by atoms with Crippen LogP contribution in [0.15, 0.2) is 12.1 Å². The summed E-state index contributed by atoms with van der Waals surface area (Å²) in [5, 5.41) is 9.07. The number of ether oxygens (including phenoxy) is 1. The molecule has 0 fully saturated rings. The van der Waals surface area contributed by atoms with Gasteiger partial charge in [-0.2, -0.15) is 0 Å². The van der Waals surface area contributed by atoms with Crippen LogP contribution in [0.25, 0.3) is 0 Å². The van der Waals surface area contributed by atoms with E-state index >= 15 is 0 Å². The smallest absolute Gasteiger partial charge is 0.321 e. The Kier molecular flexibility index (Phi) is 2.62. The number of aliphatic carboxylic acids is 1. The van der Waals surface area contributed by atoms with Gasteiger partial charge in [0.1, 0.15) is 5.75 Å². The zero-order valence-electron chi connectivity index (χ0n) is 9.41. The molecule has 2 rings (SSSR count). The van der Waals surface area contributed by atoms with Crippen LogP contribution in [0, 0.1) is 0 Å². The van der Waals surface area contributed by atoms with Crippen molar-refractivity contribution in [1.82, 2.24) is 0 Å². The molecule has 17 heavy (non-hydrogen) atoms. The van der Waals surface area contributed by atoms with Crippen molar-refractivity contribution in [3.63, 3.8) is 0 Å². The molecule has 0 saturated carbocycles. The lowest BCUT2D eigenvalue weighted by Crippen LogP contribution is -2.25. The predicted octanol–water partition coefficient (Wildman–Crippen LogP) is 2.16. The van der Waals surface area contributed by atoms with E-state index in [1.165, 1.54) is 6.07 Å². The number of esters is 1. The fourth-order valence-electron chi connectivity index (χ4n) is 1.80. The van der Waals surface area contributed by atoms with Crippen LogP contribution in [0.2, 0.25) is 5.02 Å². The number of carboxylic acids is 1. The van der Waals surface area contributed by atoms with Gasteiger partial charge < -0.3 is 9.84 Å². The molecule has 0 saturated heterocycles. The van der Waals surface area contributed by atoms with Crippen LogP contribution >= 0.6 is 11.6 Å². The molecular weight excluding hydrogens is 244 g/mol. The number of carbonyl (C=O) groups is 2. The largest absolute Gasteiger partial charge is 0.481 e. The van der Waals surface area contributed by atoms with Crippen LogP contribution in [0.5, 0.6) is 5.75 Å². The van der Waals surface area contributed by atoms with Gasteiger partial charge in [-0.15, -0.1) is 0 Å².